The minimum Gasteiger partial charge on any atom is -0.348 e. The van der Waals surface area contributed by atoms with E-state index >= 15 is 0 Å². The summed E-state index contributed by atoms with van der Waals surface area (Å²) in [4.78, 5) is 8.89. The molecular weight excluding hydrogens is 254 g/mol. The lowest BCUT2D eigenvalue weighted by atomic mass is 9.98. The lowest BCUT2D eigenvalue weighted by Crippen LogP contribution is -2.30. The zero-order valence-corrected chi connectivity index (χ0v) is 13.1. The molecule has 1 fully saturated rings. The zero-order valence-electron chi connectivity index (χ0n) is 12.3. The molecule has 3 nitrogen and oxygen atoms in total. The van der Waals surface area contributed by atoms with Gasteiger partial charge >= 0.3 is 0 Å². The highest BCUT2D eigenvalue weighted by Gasteiger charge is 2.33. The standard InChI is InChI=1S/C15H25N3S/c1-4-16-12-6-5-7-13-14(12)17-15(19-13)18(3)10(2)11-8-9-11/h10-12,16H,4-9H2,1-3H3. The van der Waals surface area contributed by atoms with Gasteiger partial charge in [-0.1, -0.05) is 6.92 Å². The van der Waals surface area contributed by atoms with Crippen molar-refractivity contribution in [3.8, 4) is 0 Å². The molecule has 2 aliphatic carbocycles. The third-order valence-electron chi connectivity index (χ3n) is 4.61. The molecule has 2 unspecified atom stereocenters. The molecule has 106 valence electrons. The fraction of sp³-hybridized carbons (Fsp3) is 0.800. The summed E-state index contributed by atoms with van der Waals surface area (Å²) in [6, 6.07) is 1.13. The number of hydrogen-bond acceptors (Lipinski definition) is 4. The lowest BCUT2D eigenvalue weighted by molar-refractivity contribution is 0.465. The van der Waals surface area contributed by atoms with Gasteiger partial charge in [-0.2, -0.15) is 0 Å². The monoisotopic (exact) mass is 279 g/mol. The quantitative estimate of drug-likeness (QED) is 0.896. The van der Waals surface area contributed by atoms with E-state index in [-0.39, 0.29) is 0 Å². The van der Waals surface area contributed by atoms with Crippen LogP contribution < -0.4 is 10.2 Å². The molecular formula is C15H25N3S. The van der Waals surface area contributed by atoms with Crippen molar-refractivity contribution in [1.82, 2.24) is 10.3 Å². The Kier molecular flexibility index (Phi) is 3.81. The molecule has 0 spiro atoms. The van der Waals surface area contributed by atoms with E-state index in [1.807, 2.05) is 11.3 Å². The van der Waals surface area contributed by atoms with Crippen molar-refractivity contribution in [2.75, 3.05) is 18.5 Å². The van der Waals surface area contributed by atoms with Gasteiger partial charge in [-0.15, -0.1) is 11.3 Å². The fourth-order valence-electron chi connectivity index (χ4n) is 3.07. The average molecular weight is 279 g/mol. The summed E-state index contributed by atoms with van der Waals surface area (Å²) >= 11 is 1.92. The second-order valence-corrected chi connectivity index (χ2v) is 7.06. The van der Waals surface area contributed by atoms with Crippen molar-refractivity contribution in [3.63, 3.8) is 0 Å². The summed E-state index contributed by atoms with van der Waals surface area (Å²) in [6.45, 7) is 5.56. The number of thiazole rings is 1. The van der Waals surface area contributed by atoms with Gasteiger partial charge in [0.15, 0.2) is 5.13 Å². The van der Waals surface area contributed by atoms with E-state index in [0.29, 0.717) is 12.1 Å². The Morgan fingerprint density at radius 2 is 2.21 bits per heavy atom. The summed E-state index contributed by atoms with van der Waals surface area (Å²) in [5, 5.41) is 4.81. The first-order valence-corrected chi connectivity index (χ1v) is 8.48. The number of hydrogen-bond donors (Lipinski definition) is 1. The number of aryl methyl sites for hydroxylation is 1. The van der Waals surface area contributed by atoms with E-state index in [9.17, 15) is 0 Å². The molecule has 1 aromatic rings. The molecule has 4 heteroatoms. The minimum atomic E-state index is 0.489. The van der Waals surface area contributed by atoms with Crippen LogP contribution >= 0.6 is 11.3 Å². The number of anilines is 1. The van der Waals surface area contributed by atoms with Gasteiger partial charge in [0.25, 0.3) is 0 Å². The first kappa shape index (κ1) is 13.4. The summed E-state index contributed by atoms with van der Waals surface area (Å²) in [5.74, 6) is 0.899. The summed E-state index contributed by atoms with van der Waals surface area (Å²) in [5.41, 5.74) is 1.34. The Balaban J connectivity index is 1.80. The molecule has 2 aliphatic rings. The minimum absolute atomic E-state index is 0.489. The highest BCUT2D eigenvalue weighted by Crippen LogP contribution is 2.40. The van der Waals surface area contributed by atoms with Gasteiger partial charge in [-0.05, 0) is 51.5 Å². The van der Waals surface area contributed by atoms with Gasteiger partial charge in [-0.3, -0.25) is 0 Å². The first-order chi connectivity index (χ1) is 9.20. The SMILES string of the molecule is CCNC1CCCc2sc(N(C)C(C)C3CC3)nc21. The van der Waals surface area contributed by atoms with E-state index in [4.69, 9.17) is 4.98 Å². The van der Waals surface area contributed by atoms with Gasteiger partial charge in [0.1, 0.15) is 0 Å². The van der Waals surface area contributed by atoms with Crippen molar-refractivity contribution >= 4 is 16.5 Å². The topological polar surface area (TPSA) is 28.2 Å². The molecule has 0 aliphatic heterocycles. The molecule has 1 N–H and O–H groups in total. The predicted octanol–water partition coefficient (Wildman–Crippen LogP) is 3.36. The summed E-state index contributed by atoms with van der Waals surface area (Å²) < 4.78 is 0. The van der Waals surface area contributed by atoms with E-state index in [0.717, 1.165) is 12.5 Å². The maximum absolute atomic E-state index is 4.96. The fourth-order valence-corrected chi connectivity index (χ4v) is 4.28. The van der Waals surface area contributed by atoms with Crippen LogP contribution in [0.25, 0.3) is 0 Å². The number of nitrogens with one attached hydrogen (secondary N) is 1. The molecule has 1 heterocycles. The lowest BCUT2D eigenvalue weighted by Gasteiger charge is -2.24. The molecule has 0 saturated heterocycles. The number of rotatable bonds is 5. The Morgan fingerprint density at radius 1 is 1.42 bits per heavy atom. The molecule has 19 heavy (non-hydrogen) atoms. The molecule has 3 rings (SSSR count). The largest absolute Gasteiger partial charge is 0.348 e. The van der Waals surface area contributed by atoms with Crippen LogP contribution in [0, 0.1) is 5.92 Å². The van der Waals surface area contributed by atoms with Crippen LogP contribution in [0.1, 0.15) is 56.1 Å². The molecule has 2 atom stereocenters. The van der Waals surface area contributed by atoms with Crippen LogP contribution in [0.5, 0.6) is 0 Å². The third-order valence-corrected chi connectivity index (χ3v) is 5.83. The molecule has 1 saturated carbocycles. The smallest absolute Gasteiger partial charge is 0.185 e. The maximum atomic E-state index is 4.96. The highest BCUT2D eigenvalue weighted by atomic mass is 32.1. The molecule has 1 aromatic heterocycles. The predicted molar refractivity (Wildman–Crippen MR) is 82.1 cm³/mol. The van der Waals surface area contributed by atoms with Crippen molar-refractivity contribution in [2.24, 2.45) is 5.92 Å². The van der Waals surface area contributed by atoms with E-state index < -0.39 is 0 Å². The van der Waals surface area contributed by atoms with E-state index in [1.54, 1.807) is 0 Å². The number of aromatic nitrogens is 1. The highest BCUT2D eigenvalue weighted by molar-refractivity contribution is 7.15. The Labute approximate surface area is 120 Å². The number of fused-ring (bicyclic) bond motifs is 1. The first-order valence-electron chi connectivity index (χ1n) is 7.66. The van der Waals surface area contributed by atoms with Crippen LogP contribution in [0.4, 0.5) is 5.13 Å². The Bertz CT molecular complexity index is 439. The maximum Gasteiger partial charge on any atom is 0.185 e. The van der Waals surface area contributed by atoms with Crippen LogP contribution in [-0.2, 0) is 6.42 Å². The molecule has 0 aromatic carbocycles. The Hall–Kier alpha value is -0.610. The summed E-state index contributed by atoms with van der Waals surface area (Å²) in [7, 11) is 2.22. The Morgan fingerprint density at radius 3 is 2.89 bits per heavy atom. The van der Waals surface area contributed by atoms with Gasteiger partial charge in [0.2, 0.25) is 0 Å². The van der Waals surface area contributed by atoms with E-state index in [1.165, 1.54) is 47.8 Å². The van der Waals surface area contributed by atoms with Gasteiger partial charge in [0, 0.05) is 18.0 Å². The van der Waals surface area contributed by atoms with Crippen LogP contribution in [0.2, 0.25) is 0 Å². The summed E-state index contributed by atoms with van der Waals surface area (Å²) in [6.07, 6.45) is 6.56. The van der Waals surface area contributed by atoms with Crippen LogP contribution in [0.15, 0.2) is 0 Å². The molecule has 0 radical (unpaired) electrons. The van der Waals surface area contributed by atoms with E-state index in [2.05, 4.69) is 31.1 Å². The van der Waals surface area contributed by atoms with Gasteiger partial charge in [-0.25, -0.2) is 4.98 Å². The normalized spacial score (nSPS) is 24.1. The van der Waals surface area contributed by atoms with Gasteiger partial charge in [0.05, 0.1) is 11.7 Å². The zero-order chi connectivity index (χ0) is 13.4. The second kappa shape index (κ2) is 5.41. The molecule has 0 bridgehead atoms. The van der Waals surface area contributed by atoms with Crippen molar-refractivity contribution in [2.45, 2.75) is 58.0 Å². The molecule has 0 amide bonds. The van der Waals surface area contributed by atoms with Crippen molar-refractivity contribution < 1.29 is 0 Å². The third kappa shape index (κ3) is 2.65. The second-order valence-electron chi connectivity index (χ2n) is 6.00. The van der Waals surface area contributed by atoms with Gasteiger partial charge < -0.3 is 10.2 Å². The van der Waals surface area contributed by atoms with Crippen LogP contribution in [-0.4, -0.2) is 24.6 Å². The number of nitrogens with zero attached hydrogens (tertiary/aromatic N) is 2. The van der Waals surface area contributed by atoms with Crippen molar-refractivity contribution in [3.05, 3.63) is 10.6 Å². The van der Waals surface area contributed by atoms with Crippen LogP contribution in [0.3, 0.4) is 0 Å². The van der Waals surface area contributed by atoms with Crippen molar-refractivity contribution in [1.29, 1.82) is 0 Å². The average Bonchev–Trinajstić information content (AvgIpc) is 3.16.